The highest BCUT2D eigenvalue weighted by atomic mass is 14.2. The minimum absolute atomic E-state index is 1.06. The molecule has 114 valence electrons. The standard InChI is InChI=1S/C23H16B2/c1-13-6-7-14-9-17-19-12-22-18(16-4-2-3-5-20(16)24-22)11-23(19)25-21(17)10-15(14)8-13/h2-12,24-25H,1H3. The van der Waals surface area contributed by atoms with E-state index < -0.39 is 0 Å². The number of aryl methyl sites for hydroxylation is 1. The fourth-order valence-electron chi connectivity index (χ4n) is 4.69. The van der Waals surface area contributed by atoms with Crippen LogP contribution >= 0.6 is 0 Å². The van der Waals surface area contributed by atoms with Crippen LogP contribution < -0.4 is 21.9 Å². The van der Waals surface area contributed by atoms with Gasteiger partial charge in [-0.25, -0.2) is 0 Å². The van der Waals surface area contributed by atoms with Gasteiger partial charge in [0.15, 0.2) is 14.6 Å². The molecular formula is C23H16B2. The van der Waals surface area contributed by atoms with Crippen LogP contribution in [0.4, 0.5) is 0 Å². The highest BCUT2D eigenvalue weighted by Gasteiger charge is 2.26. The second kappa shape index (κ2) is 4.67. The monoisotopic (exact) mass is 314 g/mol. The van der Waals surface area contributed by atoms with Gasteiger partial charge < -0.3 is 0 Å². The van der Waals surface area contributed by atoms with Gasteiger partial charge in [-0.3, -0.25) is 0 Å². The van der Waals surface area contributed by atoms with Crippen LogP contribution in [-0.4, -0.2) is 14.6 Å². The van der Waals surface area contributed by atoms with Gasteiger partial charge in [-0.1, -0.05) is 88.1 Å². The van der Waals surface area contributed by atoms with E-state index in [4.69, 9.17) is 0 Å². The summed E-state index contributed by atoms with van der Waals surface area (Å²) in [6, 6.07) is 25.3. The lowest BCUT2D eigenvalue weighted by molar-refractivity contribution is 1.51. The lowest BCUT2D eigenvalue weighted by Gasteiger charge is -2.08. The lowest BCUT2D eigenvalue weighted by Crippen LogP contribution is -2.24. The van der Waals surface area contributed by atoms with Gasteiger partial charge in [0.05, 0.1) is 0 Å². The minimum atomic E-state index is 1.06. The van der Waals surface area contributed by atoms with Crippen LogP contribution in [0.25, 0.3) is 33.0 Å². The maximum atomic E-state index is 2.45. The first-order valence-electron chi connectivity index (χ1n) is 9.04. The third-order valence-corrected chi connectivity index (χ3v) is 5.91. The first kappa shape index (κ1) is 13.5. The zero-order valence-corrected chi connectivity index (χ0v) is 14.3. The second-order valence-electron chi connectivity index (χ2n) is 7.54. The van der Waals surface area contributed by atoms with Gasteiger partial charge in [0.1, 0.15) is 0 Å². The quantitative estimate of drug-likeness (QED) is 0.376. The first-order valence-corrected chi connectivity index (χ1v) is 9.04. The van der Waals surface area contributed by atoms with Crippen molar-refractivity contribution in [2.45, 2.75) is 6.92 Å². The van der Waals surface area contributed by atoms with Crippen molar-refractivity contribution in [2.75, 3.05) is 0 Å². The molecule has 4 aromatic carbocycles. The van der Waals surface area contributed by atoms with Crippen molar-refractivity contribution in [3.8, 4) is 22.3 Å². The fourth-order valence-corrected chi connectivity index (χ4v) is 4.69. The molecule has 6 rings (SSSR count). The van der Waals surface area contributed by atoms with Crippen LogP contribution in [0.3, 0.4) is 0 Å². The Morgan fingerprint density at radius 3 is 2.08 bits per heavy atom. The topological polar surface area (TPSA) is 0 Å². The summed E-state index contributed by atoms with van der Waals surface area (Å²) >= 11 is 0. The fraction of sp³-hybridized carbons (Fsp3) is 0.0435. The molecule has 0 aliphatic carbocycles. The molecule has 0 saturated heterocycles. The molecule has 0 aromatic heterocycles. The molecule has 0 radical (unpaired) electrons. The Morgan fingerprint density at radius 2 is 1.20 bits per heavy atom. The Labute approximate surface area is 149 Å². The van der Waals surface area contributed by atoms with E-state index in [-0.39, 0.29) is 0 Å². The molecule has 0 bridgehead atoms. The van der Waals surface area contributed by atoms with Gasteiger partial charge in [0.25, 0.3) is 0 Å². The van der Waals surface area contributed by atoms with Crippen LogP contribution in [-0.2, 0) is 0 Å². The number of hydrogen-bond donors (Lipinski definition) is 0. The molecule has 0 saturated carbocycles. The summed E-state index contributed by atoms with van der Waals surface area (Å²) in [6.07, 6.45) is 0. The summed E-state index contributed by atoms with van der Waals surface area (Å²) in [4.78, 5) is 0. The summed E-state index contributed by atoms with van der Waals surface area (Å²) in [5.74, 6) is 0. The van der Waals surface area contributed by atoms with Crippen LogP contribution in [0.2, 0.25) is 0 Å². The second-order valence-corrected chi connectivity index (χ2v) is 7.54. The van der Waals surface area contributed by atoms with Crippen molar-refractivity contribution in [3.63, 3.8) is 0 Å². The van der Waals surface area contributed by atoms with Crippen LogP contribution in [0.15, 0.2) is 66.7 Å². The normalized spacial score (nSPS) is 12.8. The average molecular weight is 314 g/mol. The molecule has 4 aromatic rings. The largest absolute Gasteiger partial charge is 0.193 e. The molecule has 0 spiro atoms. The zero-order valence-electron chi connectivity index (χ0n) is 14.3. The molecular weight excluding hydrogens is 298 g/mol. The predicted molar refractivity (Wildman–Crippen MR) is 112 cm³/mol. The first-order chi connectivity index (χ1) is 12.3. The summed E-state index contributed by atoms with van der Waals surface area (Å²) in [6.45, 7) is 2.17. The molecule has 2 heterocycles. The Morgan fingerprint density at radius 1 is 0.520 bits per heavy atom. The van der Waals surface area contributed by atoms with E-state index in [2.05, 4.69) is 73.7 Å². The SMILES string of the molecule is Cc1ccc2cc3c(cc2c1)Bc1cc2c(cc1-3)Bc1ccccc1-2. The van der Waals surface area contributed by atoms with E-state index in [0.717, 1.165) is 14.6 Å². The van der Waals surface area contributed by atoms with Crippen molar-refractivity contribution in [1.29, 1.82) is 0 Å². The average Bonchev–Trinajstić information content (AvgIpc) is 3.15. The molecule has 25 heavy (non-hydrogen) atoms. The lowest BCUT2D eigenvalue weighted by atomic mass is 9.65. The van der Waals surface area contributed by atoms with Crippen molar-refractivity contribution in [3.05, 3.63) is 72.3 Å². The Kier molecular flexibility index (Phi) is 2.53. The zero-order chi connectivity index (χ0) is 16.5. The molecule has 0 atom stereocenters. The highest BCUT2D eigenvalue weighted by molar-refractivity contribution is 6.76. The van der Waals surface area contributed by atoms with Crippen molar-refractivity contribution in [1.82, 2.24) is 0 Å². The summed E-state index contributed by atoms with van der Waals surface area (Å²) in [5, 5.41) is 2.71. The smallest absolute Gasteiger partial charge is 0.0709 e. The van der Waals surface area contributed by atoms with E-state index in [1.165, 1.54) is 60.4 Å². The van der Waals surface area contributed by atoms with Gasteiger partial charge >= 0.3 is 0 Å². The summed E-state index contributed by atoms with van der Waals surface area (Å²) < 4.78 is 0. The predicted octanol–water partition coefficient (Wildman–Crippen LogP) is 1.88. The summed E-state index contributed by atoms with van der Waals surface area (Å²) in [5.41, 5.74) is 13.0. The van der Waals surface area contributed by atoms with Crippen molar-refractivity contribution >= 4 is 47.2 Å². The van der Waals surface area contributed by atoms with Crippen molar-refractivity contribution in [2.24, 2.45) is 0 Å². The van der Waals surface area contributed by atoms with E-state index in [1.807, 2.05) is 0 Å². The third-order valence-electron chi connectivity index (χ3n) is 5.91. The van der Waals surface area contributed by atoms with E-state index in [9.17, 15) is 0 Å². The molecule has 0 amide bonds. The van der Waals surface area contributed by atoms with Crippen LogP contribution in [0.1, 0.15) is 5.56 Å². The van der Waals surface area contributed by atoms with Gasteiger partial charge in [0, 0.05) is 0 Å². The molecule has 2 aliphatic heterocycles. The molecule has 0 nitrogen and oxygen atoms in total. The Bertz CT molecular complexity index is 1200. The van der Waals surface area contributed by atoms with E-state index in [1.54, 1.807) is 0 Å². The van der Waals surface area contributed by atoms with Gasteiger partial charge in [0.2, 0.25) is 0 Å². The maximum Gasteiger partial charge on any atom is 0.193 e. The van der Waals surface area contributed by atoms with Gasteiger partial charge in [-0.05, 0) is 46.0 Å². The van der Waals surface area contributed by atoms with Gasteiger partial charge in [-0.15, -0.1) is 0 Å². The Hall–Kier alpha value is -2.73. The van der Waals surface area contributed by atoms with Crippen LogP contribution in [0.5, 0.6) is 0 Å². The highest BCUT2D eigenvalue weighted by Crippen LogP contribution is 2.28. The summed E-state index contributed by atoms with van der Waals surface area (Å²) in [7, 11) is 2.13. The molecule has 2 heteroatoms. The van der Waals surface area contributed by atoms with Crippen LogP contribution in [0, 0.1) is 6.92 Å². The molecule has 2 aliphatic rings. The Balaban J connectivity index is 1.57. The van der Waals surface area contributed by atoms with E-state index >= 15 is 0 Å². The number of hydrogen-bond acceptors (Lipinski definition) is 0. The minimum Gasteiger partial charge on any atom is -0.0709 e. The van der Waals surface area contributed by atoms with Crippen molar-refractivity contribution < 1.29 is 0 Å². The number of fused-ring (bicyclic) bond motifs is 7. The van der Waals surface area contributed by atoms with E-state index in [0.29, 0.717) is 0 Å². The molecule has 0 fully saturated rings. The molecule has 0 N–H and O–H groups in total. The number of rotatable bonds is 0. The maximum absolute atomic E-state index is 2.45. The van der Waals surface area contributed by atoms with Gasteiger partial charge in [-0.2, -0.15) is 0 Å². The molecule has 0 unspecified atom stereocenters. The number of benzene rings is 4. The third kappa shape index (κ3) is 1.85.